The molecule has 1 fully saturated rings. The van der Waals surface area contributed by atoms with Crippen LogP contribution in [-0.2, 0) is 6.54 Å². The molecular formula is C16H20N2O. The number of nitrogens with two attached hydrogens (primary N) is 1. The lowest BCUT2D eigenvalue weighted by Crippen LogP contribution is -2.32. The van der Waals surface area contributed by atoms with Crippen LogP contribution in [0.4, 0.5) is 5.69 Å². The summed E-state index contributed by atoms with van der Waals surface area (Å²) in [6.07, 6.45) is 4.14. The van der Waals surface area contributed by atoms with Crippen molar-refractivity contribution in [3.8, 4) is 0 Å². The number of nitrogens with zero attached hydrogens (tertiary/aromatic N) is 1. The van der Waals surface area contributed by atoms with E-state index in [2.05, 4.69) is 23.1 Å². The van der Waals surface area contributed by atoms with Gasteiger partial charge >= 0.3 is 0 Å². The molecule has 19 heavy (non-hydrogen) atoms. The molecule has 1 saturated heterocycles. The van der Waals surface area contributed by atoms with E-state index in [0.717, 1.165) is 31.1 Å². The molecule has 3 rings (SSSR count). The van der Waals surface area contributed by atoms with Gasteiger partial charge in [-0.05, 0) is 61.7 Å². The molecule has 1 aliphatic heterocycles. The summed E-state index contributed by atoms with van der Waals surface area (Å²) >= 11 is 0. The van der Waals surface area contributed by atoms with Gasteiger partial charge in [0.05, 0.1) is 12.8 Å². The molecule has 0 saturated carbocycles. The summed E-state index contributed by atoms with van der Waals surface area (Å²) in [5.41, 5.74) is 8.12. The predicted octanol–water partition coefficient (Wildman–Crippen LogP) is 3.24. The van der Waals surface area contributed by atoms with Crippen molar-refractivity contribution in [2.75, 3.05) is 18.8 Å². The van der Waals surface area contributed by atoms with Gasteiger partial charge in [0.2, 0.25) is 0 Å². The van der Waals surface area contributed by atoms with Crippen molar-refractivity contribution in [1.82, 2.24) is 4.90 Å². The molecule has 0 aliphatic carbocycles. The fourth-order valence-corrected chi connectivity index (χ4v) is 2.86. The fraction of sp³-hybridized carbons (Fsp3) is 0.375. The smallest absolute Gasteiger partial charge is 0.117 e. The quantitative estimate of drug-likeness (QED) is 0.857. The van der Waals surface area contributed by atoms with E-state index in [1.165, 1.54) is 18.4 Å². The van der Waals surface area contributed by atoms with Crippen LogP contribution in [0.3, 0.4) is 0 Å². The van der Waals surface area contributed by atoms with Crippen molar-refractivity contribution in [3.63, 3.8) is 0 Å². The Labute approximate surface area is 114 Å². The number of hydrogen-bond donors (Lipinski definition) is 1. The standard InChI is InChI=1S/C16H20N2O/c17-15-4-1-3-14(11-15)13-6-8-18(9-7-13)12-16-5-2-10-19-16/h1-5,10-11,13H,6-9,12,17H2. The molecule has 2 heterocycles. The monoisotopic (exact) mass is 256 g/mol. The lowest BCUT2D eigenvalue weighted by molar-refractivity contribution is 0.191. The highest BCUT2D eigenvalue weighted by Crippen LogP contribution is 2.29. The third-order valence-electron chi connectivity index (χ3n) is 3.93. The maximum Gasteiger partial charge on any atom is 0.117 e. The molecule has 100 valence electrons. The van der Waals surface area contributed by atoms with Crippen molar-refractivity contribution in [2.45, 2.75) is 25.3 Å². The first-order valence-corrected chi connectivity index (χ1v) is 6.91. The second kappa shape index (κ2) is 5.49. The molecule has 2 aromatic rings. The lowest BCUT2D eigenvalue weighted by atomic mass is 9.89. The van der Waals surface area contributed by atoms with Crippen LogP contribution in [-0.4, -0.2) is 18.0 Å². The normalized spacial score (nSPS) is 17.7. The average Bonchev–Trinajstić information content (AvgIpc) is 2.92. The number of anilines is 1. The maximum absolute atomic E-state index is 5.86. The third-order valence-corrected chi connectivity index (χ3v) is 3.93. The number of benzene rings is 1. The number of rotatable bonds is 3. The Morgan fingerprint density at radius 3 is 2.68 bits per heavy atom. The van der Waals surface area contributed by atoms with Gasteiger partial charge in [0.15, 0.2) is 0 Å². The number of nitrogen functional groups attached to an aromatic ring is 1. The zero-order valence-corrected chi connectivity index (χ0v) is 11.1. The molecule has 0 bridgehead atoms. The van der Waals surface area contributed by atoms with E-state index < -0.39 is 0 Å². The average molecular weight is 256 g/mol. The van der Waals surface area contributed by atoms with Crippen LogP contribution >= 0.6 is 0 Å². The molecular weight excluding hydrogens is 236 g/mol. The number of furan rings is 1. The van der Waals surface area contributed by atoms with Gasteiger partial charge in [-0.25, -0.2) is 0 Å². The summed E-state index contributed by atoms with van der Waals surface area (Å²) in [4.78, 5) is 2.46. The number of piperidine rings is 1. The molecule has 0 unspecified atom stereocenters. The first-order valence-electron chi connectivity index (χ1n) is 6.91. The molecule has 0 radical (unpaired) electrons. The van der Waals surface area contributed by atoms with Crippen molar-refractivity contribution in [3.05, 3.63) is 54.0 Å². The molecule has 3 nitrogen and oxygen atoms in total. The Morgan fingerprint density at radius 2 is 2.00 bits per heavy atom. The van der Waals surface area contributed by atoms with Crippen molar-refractivity contribution in [2.24, 2.45) is 0 Å². The highest BCUT2D eigenvalue weighted by atomic mass is 16.3. The predicted molar refractivity (Wildman–Crippen MR) is 76.8 cm³/mol. The summed E-state index contributed by atoms with van der Waals surface area (Å²) in [6.45, 7) is 3.18. The zero-order valence-electron chi connectivity index (χ0n) is 11.1. The SMILES string of the molecule is Nc1cccc(C2CCN(Cc3ccco3)CC2)c1. The minimum atomic E-state index is 0.649. The molecule has 1 aromatic carbocycles. The Hall–Kier alpha value is -1.74. The van der Waals surface area contributed by atoms with Gasteiger partial charge in [-0.15, -0.1) is 0 Å². The van der Waals surface area contributed by atoms with Gasteiger partial charge in [0, 0.05) is 5.69 Å². The van der Waals surface area contributed by atoms with Gasteiger partial charge in [-0.3, -0.25) is 4.90 Å². The Kier molecular flexibility index (Phi) is 3.56. The van der Waals surface area contributed by atoms with Gasteiger partial charge in [-0.2, -0.15) is 0 Å². The van der Waals surface area contributed by atoms with E-state index >= 15 is 0 Å². The van der Waals surface area contributed by atoms with Crippen molar-refractivity contribution < 1.29 is 4.42 Å². The van der Waals surface area contributed by atoms with E-state index in [4.69, 9.17) is 10.2 Å². The Balaban J connectivity index is 1.57. The molecule has 0 amide bonds. The van der Waals surface area contributed by atoms with E-state index in [0.29, 0.717) is 5.92 Å². The summed E-state index contributed by atoms with van der Waals surface area (Å²) in [5.74, 6) is 1.71. The first-order chi connectivity index (χ1) is 9.31. The van der Waals surface area contributed by atoms with E-state index in [1.54, 1.807) is 6.26 Å². The van der Waals surface area contributed by atoms with Crippen molar-refractivity contribution in [1.29, 1.82) is 0 Å². The van der Waals surface area contributed by atoms with Crippen LogP contribution in [0.1, 0.15) is 30.1 Å². The minimum absolute atomic E-state index is 0.649. The van der Waals surface area contributed by atoms with Gasteiger partial charge in [0.25, 0.3) is 0 Å². The summed E-state index contributed by atoms with van der Waals surface area (Å²) in [5, 5.41) is 0. The van der Waals surface area contributed by atoms with Crippen LogP contribution in [0, 0.1) is 0 Å². The molecule has 3 heteroatoms. The summed E-state index contributed by atoms with van der Waals surface area (Å²) in [6, 6.07) is 12.3. The summed E-state index contributed by atoms with van der Waals surface area (Å²) in [7, 11) is 0. The molecule has 0 spiro atoms. The van der Waals surface area contributed by atoms with Gasteiger partial charge in [0.1, 0.15) is 5.76 Å². The lowest BCUT2D eigenvalue weighted by Gasteiger charge is -2.31. The third kappa shape index (κ3) is 2.99. The Bertz CT molecular complexity index is 513. The van der Waals surface area contributed by atoms with Crippen LogP contribution in [0.2, 0.25) is 0 Å². The van der Waals surface area contributed by atoms with Gasteiger partial charge in [-0.1, -0.05) is 12.1 Å². The van der Waals surface area contributed by atoms with E-state index in [9.17, 15) is 0 Å². The zero-order chi connectivity index (χ0) is 13.1. The molecule has 1 aromatic heterocycles. The van der Waals surface area contributed by atoms with Crippen LogP contribution in [0.15, 0.2) is 47.1 Å². The summed E-state index contributed by atoms with van der Waals surface area (Å²) < 4.78 is 5.41. The first kappa shape index (κ1) is 12.3. The van der Waals surface area contributed by atoms with Crippen LogP contribution in [0.25, 0.3) is 0 Å². The highest BCUT2D eigenvalue weighted by Gasteiger charge is 2.21. The van der Waals surface area contributed by atoms with Crippen LogP contribution < -0.4 is 5.73 Å². The Morgan fingerprint density at radius 1 is 1.16 bits per heavy atom. The molecule has 1 aliphatic rings. The topological polar surface area (TPSA) is 42.4 Å². The van der Waals surface area contributed by atoms with Crippen LogP contribution in [0.5, 0.6) is 0 Å². The molecule has 2 N–H and O–H groups in total. The van der Waals surface area contributed by atoms with E-state index in [-0.39, 0.29) is 0 Å². The minimum Gasteiger partial charge on any atom is -0.468 e. The highest BCUT2D eigenvalue weighted by molar-refractivity contribution is 5.41. The van der Waals surface area contributed by atoms with Crippen molar-refractivity contribution >= 4 is 5.69 Å². The second-order valence-corrected chi connectivity index (χ2v) is 5.30. The van der Waals surface area contributed by atoms with E-state index in [1.807, 2.05) is 18.2 Å². The maximum atomic E-state index is 5.86. The largest absolute Gasteiger partial charge is 0.468 e. The number of hydrogen-bond acceptors (Lipinski definition) is 3. The second-order valence-electron chi connectivity index (χ2n) is 5.30. The fourth-order valence-electron chi connectivity index (χ4n) is 2.86. The number of likely N-dealkylation sites (tertiary alicyclic amines) is 1. The van der Waals surface area contributed by atoms with Gasteiger partial charge < -0.3 is 10.2 Å². The molecule has 0 atom stereocenters.